The molecule has 0 fully saturated rings. The highest BCUT2D eigenvalue weighted by Crippen LogP contribution is 2.62. The molecule has 0 saturated heterocycles. The predicted octanol–water partition coefficient (Wildman–Crippen LogP) is 18.1. The maximum absolute atomic E-state index is 13.9. The van der Waals surface area contributed by atoms with Gasteiger partial charge in [-0.1, -0.05) is 146 Å². The molecule has 0 heterocycles. The number of aldehydes is 2. The van der Waals surface area contributed by atoms with Gasteiger partial charge in [-0.15, -0.1) is 0 Å². The fraction of sp³-hybridized carbons (Fsp3) is 0.290. The molecule has 12 aromatic carbocycles. The van der Waals surface area contributed by atoms with Crippen molar-refractivity contribution in [3.63, 3.8) is 0 Å². The average molecular weight is 1740 g/mol. The molecule has 3 aliphatic carbocycles. The van der Waals surface area contributed by atoms with E-state index in [0.717, 1.165) is 113 Å². The van der Waals surface area contributed by atoms with Crippen LogP contribution in [-0.4, -0.2) is 209 Å². The topological polar surface area (TPSA) is 256 Å². The SMILES string of the molecule is CCOc1ccc(C2(c3ccc(OCC)cc3)c3cc(-c4ccc5c(c4)C(c4ccc(OCCOCCOCCOC)c(C=O)c4)(c4ccc(OCCOC)c(C(=O)O)c4)c4ccccc4-5)ccc3-c3ccc(-c4ccc5c(c4)C(c4ccc(OCCOCCOCCOC)c(C=O)c4)(c4ccc(OCCOCCOCCOC)c(C(=O)O)c4)c4ccccc4-5)cc32)cc1. The molecular weight excluding hydrogens is 1640 g/mol. The van der Waals surface area contributed by atoms with Gasteiger partial charge in [0.15, 0.2) is 12.6 Å². The quantitative estimate of drug-likeness (QED) is 0.0265. The summed E-state index contributed by atoms with van der Waals surface area (Å²) in [4.78, 5) is 54.9. The van der Waals surface area contributed by atoms with Gasteiger partial charge in [0, 0.05) is 28.4 Å². The van der Waals surface area contributed by atoms with Crippen molar-refractivity contribution in [2.45, 2.75) is 30.1 Å². The number of carbonyl (C=O) groups excluding carboxylic acids is 2. The molecule has 2 N–H and O–H groups in total. The molecule has 22 nitrogen and oxygen atoms in total. The third kappa shape index (κ3) is 18.7. The highest BCUT2D eigenvalue weighted by atomic mass is 16.6. The van der Waals surface area contributed by atoms with E-state index in [1.807, 2.05) is 98.8 Å². The van der Waals surface area contributed by atoms with Crippen molar-refractivity contribution in [2.24, 2.45) is 0 Å². The van der Waals surface area contributed by atoms with Gasteiger partial charge in [0.05, 0.1) is 146 Å². The monoisotopic (exact) mass is 1740 g/mol. The number of benzene rings is 12. The van der Waals surface area contributed by atoms with E-state index in [-0.39, 0.29) is 86.6 Å². The Morgan fingerprint density at radius 2 is 0.519 bits per heavy atom. The summed E-state index contributed by atoms with van der Waals surface area (Å²) in [5.41, 5.74) is 15.6. The highest BCUT2D eigenvalue weighted by Gasteiger charge is 2.51. The van der Waals surface area contributed by atoms with E-state index in [2.05, 4.69) is 121 Å². The molecule has 0 radical (unpaired) electrons. The second kappa shape index (κ2) is 43.0. The first-order chi connectivity index (χ1) is 63.3. The Hall–Kier alpha value is -12.7. The molecular formula is C107H106O22. The van der Waals surface area contributed by atoms with Crippen LogP contribution in [0.3, 0.4) is 0 Å². The summed E-state index contributed by atoms with van der Waals surface area (Å²) in [5, 5.41) is 22.5. The van der Waals surface area contributed by atoms with Crippen molar-refractivity contribution in [3.8, 4) is 90.1 Å². The van der Waals surface area contributed by atoms with Crippen LogP contribution in [0.4, 0.5) is 0 Å². The normalized spacial score (nSPS) is 14.7. The first kappa shape index (κ1) is 91.1. The first-order valence-electron chi connectivity index (χ1n) is 43.5. The van der Waals surface area contributed by atoms with Gasteiger partial charge >= 0.3 is 11.9 Å². The number of fused-ring (bicyclic) bond motifs is 9. The van der Waals surface area contributed by atoms with Gasteiger partial charge in [-0.25, -0.2) is 9.59 Å². The van der Waals surface area contributed by atoms with E-state index in [1.165, 1.54) is 0 Å². The summed E-state index contributed by atoms with van der Waals surface area (Å²) in [7, 11) is 6.40. The lowest BCUT2D eigenvalue weighted by atomic mass is 9.66. The van der Waals surface area contributed by atoms with Gasteiger partial charge in [-0.3, -0.25) is 9.59 Å². The number of hydrogen-bond acceptors (Lipinski definition) is 20. The minimum atomic E-state index is -1.29. The summed E-state index contributed by atoms with van der Waals surface area (Å²) < 4.78 is 92.5. The van der Waals surface area contributed by atoms with Crippen LogP contribution in [0.25, 0.3) is 55.6 Å². The second-order valence-corrected chi connectivity index (χ2v) is 31.1. The van der Waals surface area contributed by atoms with E-state index in [0.29, 0.717) is 138 Å². The van der Waals surface area contributed by atoms with Crippen molar-refractivity contribution in [1.29, 1.82) is 0 Å². The van der Waals surface area contributed by atoms with Crippen LogP contribution in [0.2, 0.25) is 0 Å². The molecule has 0 aromatic heterocycles. The summed E-state index contributed by atoms with van der Waals surface area (Å²) in [6.07, 6.45) is 1.56. The summed E-state index contributed by atoms with van der Waals surface area (Å²) >= 11 is 0. The highest BCUT2D eigenvalue weighted by molar-refractivity contribution is 5.97. The van der Waals surface area contributed by atoms with E-state index in [1.54, 1.807) is 64.8 Å². The van der Waals surface area contributed by atoms with Gasteiger partial charge in [0.1, 0.15) is 72.1 Å². The Morgan fingerprint density at radius 3 is 0.829 bits per heavy atom. The second-order valence-electron chi connectivity index (χ2n) is 31.1. The Kier molecular flexibility index (Phi) is 30.3. The van der Waals surface area contributed by atoms with Gasteiger partial charge in [-0.2, -0.15) is 0 Å². The van der Waals surface area contributed by atoms with E-state index in [9.17, 15) is 29.4 Å². The van der Waals surface area contributed by atoms with Crippen molar-refractivity contribution in [2.75, 3.05) is 174 Å². The number of methoxy groups -OCH3 is 4. The smallest absolute Gasteiger partial charge is 0.339 e. The molecule has 15 rings (SSSR count). The van der Waals surface area contributed by atoms with E-state index < -0.39 is 28.2 Å². The predicted molar refractivity (Wildman–Crippen MR) is 491 cm³/mol. The fourth-order valence-corrected chi connectivity index (χ4v) is 18.3. The molecule has 2 unspecified atom stereocenters. The molecule has 0 bridgehead atoms. The van der Waals surface area contributed by atoms with Crippen molar-refractivity contribution < 1.29 is 105 Å². The van der Waals surface area contributed by atoms with Crippen LogP contribution in [0.15, 0.2) is 243 Å². The zero-order valence-corrected chi connectivity index (χ0v) is 73.4. The van der Waals surface area contributed by atoms with E-state index >= 15 is 0 Å². The Bertz CT molecular complexity index is 5830. The van der Waals surface area contributed by atoms with Crippen molar-refractivity contribution >= 4 is 24.5 Å². The molecule has 129 heavy (non-hydrogen) atoms. The zero-order chi connectivity index (χ0) is 89.7. The van der Waals surface area contributed by atoms with Crippen LogP contribution in [0.1, 0.15) is 122 Å². The number of ether oxygens (including phenoxy) is 16. The third-order valence-electron chi connectivity index (χ3n) is 23.9. The molecule has 666 valence electrons. The number of rotatable bonds is 50. The molecule has 0 aliphatic heterocycles. The largest absolute Gasteiger partial charge is 0.494 e. The molecule has 0 saturated carbocycles. The first-order valence-corrected chi connectivity index (χ1v) is 43.5. The van der Waals surface area contributed by atoms with E-state index in [4.69, 9.17) is 75.8 Å². The molecule has 12 aromatic rings. The number of hydrogen-bond donors (Lipinski definition) is 2. The lowest BCUT2D eigenvalue weighted by Crippen LogP contribution is -2.29. The van der Waals surface area contributed by atoms with Crippen LogP contribution in [0.5, 0.6) is 34.5 Å². The maximum atomic E-state index is 13.9. The average Bonchev–Trinajstić information content (AvgIpc) is 1.51. The zero-order valence-electron chi connectivity index (χ0n) is 73.4. The Balaban J connectivity index is 0.887. The maximum Gasteiger partial charge on any atom is 0.339 e. The number of aromatic carboxylic acids is 2. The van der Waals surface area contributed by atoms with Crippen LogP contribution < -0.4 is 28.4 Å². The lowest BCUT2D eigenvalue weighted by molar-refractivity contribution is 0.0178. The third-order valence-corrected chi connectivity index (χ3v) is 23.9. The molecule has 2 atom stereocenters. The molecule has 0 spiro atoms. The molecule has 22 heteroatoms. The Morgan fingerprint density at radius 1 is 0.264 bits per heavy atom. The minimum absolute atomic E-state index is 0.0562. The number of carboxylic acids is 2. The number of carboxylic acid groups (broad SMARTS) is 2. The van der Waals surface area contributed by atoms with Crippen LogP contribution in [0, 0.1) is 0 Å². The van der Waals surface area contributed by atoms with Crippen molar-refractivity contribution in [3.05, 3.63) is 332 Å². The fourth-order valence-electron chi connectivity index (χ4n) is 18.3. The standard InChI is InChI=1S/C107H106O22/c1-7-124-83-29-21-77(22-30-83)105(78-23-31-84(32-24-78)125-8-2)95-63-71(73-17-33-87-85-13-9-11-15-93(85)106(97(87)65-73,81-27-39-101(128-57-44-117-6)91(67-81)103(110)111)79-25-37-99(75(61-79)69-108)126-58-54-121-51-48-118-45-41-114-3)19-35-89(95)90-36-20-72(64-96(90)105)74-18-34-88-86-14-10-12-16-94(86)107(98(88)66-74,80-26-38-100(76(62-80)70-109)127-59-55-122-52-49-119-46-42-115-4)82-28-40-102(92(68-82)104(112)113)129-60-56-123-53-50-120-47-43-116-5/h9-40,61-70H,7-8,41-60H2,1-6H3,(H,110,111)(H,112,113). The van der Waals surface area contributed by atoms with Gasteiger partial charge in [-0.05, 0) is 233 Å². The molecule has 0 amide bonds. The summed E-state index contributed by atoms with van der Waals surface area (Å²) in [6.45, 7) is 10.9. The number of carbonyl (C=O) groups is 4. The Labute approximate surface area is 751 Å². The lowest BCUT2D eigenvalue weighted by Gasteiger charge is -2.35. The summed E-state index contributed by atoms with van der Waals surface area (Å²) in [6, 6.07) is 81.1. The van der Waals surface area contributed by atoms with Crippen molar-refractivity contribution in [1.82, 2.24) is 0 Å². The van der Waals surface area contributed by atoms with Crippen LogP contribution in [-0.2, 0) is 63.6 Å². The van der Waals surface area contributed by atoms with Crippen LogP contribution >= 0.6 is 0 Å². The van der Waals surface area contributed by atoms with Gasteiger partial charge in [0.2, 0.25) is 0 Å². The van der Waals surface area contributed by atoms with Gasteiger partial charge in [0.25, 0.3) is 0 Å². The summed E-state index contributed by atoms with van der Waals surface area (Å²) in [5.74, 6) is -0.00180. The minimum Gasteiger partial charge on any atom is -0.494 e. The van der Waals surface area contributed by atoms with Gasteiger partial charge < -0.3 is 86.0 Å². The molecule has 3 aliphatic rings.